The van der Waals surface area contributed by atoms with E-state index in [4.69, 9.17) is 0 Å². The summed E-state index contributed by atoms with van der Waals surface area (Å²) in [4.78, 5) is 11.5. The summed E-state index contributed by atoms with van der Waals surface area (Å²) < 4.78 is 28.0. The molecule has 6 heteroatoms. The second kappa shape index (κ2) is 6.90. The predicted octanol–water partition coefficient (Wildman–Crippen LogP) is 2.22. The first-order chi connectivity index (χ1) is 8.47. The fraction of sp³-hybridized carbons (Fsp3) is 0.417. The molecule has 0 aliphatic rings. The predicted molar refractivity (Wildman–Crippen MR) is 64.8 cm³/mol. The van der Waals surface area contributed by atoms with Gasteiger partial charge in [-0.1, -0.05) is 13.8 Å². The topological polar surface area (TPSA) is 50.4 Å². The number of amides is 1. The third kappa shape index (κ3) is 5.58. The van der Waals surface area contributed by atoms with Crippen molar-refractivity contribution in [3.8, 4) is 5.75 Å². The zero-order valence-electron chi connectivity index (χ0n) is 10.2. The lowest BCUT2D eigenvalue weighted by molar-refractivity contribution is -0.115. The highest BCUT2D eigenvalue weighted by Crippen LogP contribution is 2.17. The van der Waals surface area contributed by atoms with Crippen LogP contribution in [0.15, 0.2) is 24.3 Å². The molecule has 4 nitrogen and oxygen atoms in total. The van der Waals surface area contributed by atoms with Gasteiger partial charge in [-0.2, -0.15) is 8.78 Å². The molecule has 0 atom stereocenters. The van der Waals surface area contributed by atoms with Crippen LogP contribution in [-0.4, -0.2) is 25.1 Å². The molecule has 1 aromatic carbocycles. The maximum absolute atomic E-state index is 11.9. The summed E-state index contributed by atoms with van der Waals surface area (Å²) >= 11 is 0. The van der Waals surface area contributed by atoms with Crippen LogP contribution in [0.1, 0.15) is 13.8 Å². The molecule has 0 spiro atoms. The Bertz CT molecular complexity index is 380. The van der Waals surface area contributed by atoms with Gasteiger partial charge < -0.3 is 15.4 Å². The average molecular weight is 258 g/mol. The van der Waals surface area contributed by atoms with Crippen LogP contribution in [0.4, 0.5) is 14.5 Å². The van der Waals surface area contributed by atoms with Crippen molar-refractivity contribution in [1.29, 1.82) is 0 Å². The van der Waals surface area contributed by atoms with E-state index in [2.05, 4.69) is 15.4 Å². The molecule has 0 saturated heterocycles. The van der Waals surface area contributed by atoms with Crippen LogP contribution in [-0.2, 0) is 4.79 Å². The Morgan fingerprint density at radius 2 is 1.89 bits per heavy atom. The van der Waals surface area contributed by atoms with Crippen LogP contribution in [0.25, 0.3) is 0 Å². The van der Waals surface area contributed by atoms with Gasteiger partial charge in [0.15, 0.2) is 0 Å². The van der Waals surface area contributed by atoms with E-state index in [9.17, 15) is 13.6 Å². The van der Waals surface area contributed by atoms with Crippen molar-refractivity contribution in [2.45, 2.75) is 26.5 Å². The largest absolute Gasteiger partial charge is 0.435 e. The van der Waals surface area contributed by atoms with Gasteiger partial charge in [-0.05, 0) is 24.3 Å². The number of alkyl halides is 2. The lowest BCUT2D eigenvalue weighted by Crippen LogP contribution is -2.32. The summed E-state index contributed by atoms with van der Waals surface area (Å²) in [5.41, 5.74) is 0.534. The van der Waals surface area contributed by atoms with E-state index in [1.165, 1.54) is 24.3 Å². The van der Waals surface area contributed by atoms with Crippen molar-refractivity contribution in [3.05, 3.63) is 24.3 Å². The number of halogens is 2. The first-order valence-electron chi connectivity index (χ1n) is 5.55. The maximum Gasteiger partial charge on any atom is 0.387 e. The SMILES string of the molecule is CC(C)NCC(=O)Nc1ccc(OC(F)F)cc1. The molecule has 0 aromatic heterocycles. The monoisotopic (exact) mass is 258 g/mol. The Morgan fingerprint density at radius 3 is 2.39 bits per heavy atom. The van der Waals surface area contributed by atoms with Crippen LogP contribution < -0.4 is 15.4 Å². The number of hydrogen-bond donors (Lipinski definition) is 2. The highest BCUT2D eigenvalue weighted by atomic mass is 19.3. The molecular formula is C12H16F2N2O2. The quantitative estimate of drug-likeness (QED) is 0.822. The van der Waals surface area contributed by atoms with Crippen LogP contribution in [0.5, 0.6) is 5.75 Å². The van der Waals surface area contributed by atoms with Gasteiger partial charge in [0.1, 0.15) is 5.75 Å². The summed E-state index contributed by atoms with van der Waals surface area (Å²) in [6.07, 6.45) is 0. The molecule has 2 N–H and O–H groups in total. The van der Waals surface area contributed by atoms with E-state index in [0.29, 0.717) is 5.69 Å². The molecule has 0 bridgehead atoms. The van der Waals surface area contributed by atoms with Gasteiger partial charge >= 0.3 is 6.61 Å². The van der Waals surface area contributed by atoms with Crippen LogP contribution in [0, 0.1) is 0 Å². The number of carbonyl (C=O) groups excluding carboxylic acids is 1. The van der Waals surface area contributed by atoms with Gasteiger partial charge in [0.25, 0.3) is 0 Å². The summed E-state index contributed by atoms with van der Waals surface area (Å²) in [5.74, 6) is -0.130. The van der Waals surface area contributed by atoms with Crippen molar-refractivity contribution in [1.82, 2.24) is 5.32 Å². The Hall–Kier alpha value is -1.69. The fourth-order valence-corrected chi connectivity index (χ4v) is 1.22. The van der Waals surface area contributed by atoms with Gasteiger partial charge in [-0.3, -0.25) is 4.79 Å². The Kier molecular flexibility index (Phi) is 5.51. The lowest BCUT2D eigenvalue weighted by atomic mass is 10.3. The molecule has 100 valence electrons. The number of carbonyl (C=O) groups is 1. The minimum absolute atomic E-state index is 0.0586. The molecule has 0 radical (unpaired) electrons. The number of rotatable bonds is 6. The molecule has 18 heavy (non-hydrogen) atoms. The first kappa shape index (κ1) is 14.4. The second-order valence-electron chi connectivity index (χ2n) is 3.99. The highest BCUT2D eigenvalue weighted by molar-refractivity contribution is 5.92. The second-order valence-corrected chi connectivity index (χ2v) is 3.99. The van der Waals surface area contributed by atoms with Crippen molar-refractivity contribution in [3.63, 3.8) is 0 Å². The van der Waals surface area contributed by atoms with Crippen molar-refractivity contribution in [2.75, 3.05) is 11.9 Å². The molecule has 0 heterocycles. The van der Waals surface area contributed by atoms with E-state index in [1.54, 1.807) is 0 Å². The Labute approximate surface area is 104 Å². The Morgan fingerprint density at radius 1 is 1.28 bits per heavy atom. The molecule has 1 amide bonds. The third-order valence-electron chi connectivity index (χ3n) is 2.03. The number of hydrogen-bond acceptors (Lipinski definition) is 3. The molecular weight excluding hydrogens is 242 g/mol. The van der Waals surface area contributed by atoms with E-state index in [1.807, 2.05) is 13.8 Å². The van der Waals surface area contributed by atoms with Gasteiger partial charge in [0.2, 0.25) is 5.91 Å². The number of ether oxygens (including phenoxy) is 1. The standard InChI is InChI=1S/C12H16F2N2O2/c1-8(2)15-7-11(17)16-9-3-5-10(6-4-9)18-12(13)14/h3-6,8,12,15H,7H2,1-2H3,(H,16,17). The third-order valence-corrected chi connectivity index (χ3v) is 2.03. The molecule has 0 aliphatic heterocycles. The summed E-state index contributed by atoms with van der Waals surface area (Å²) in [6.45, 7) is 1.22. The normalized spacial score (nSPS) is 10.8. The first-order valence-corrected chi connectivity index (χ1v) is 5.55. The molecule has 0 fully saturated rings. The number of anilines is 1. The number of benzene rings is 1. The molecule has 1 aromatic rings. The average Bonchev–Trinajstić information content (AvgIpc) is 2.28. The fourth-order valence-electron chi connectivity index (χ4n) is 1.22. The van der Waals surface area contributed by atoms with Crippen molar-refractivity contribution < 1.29 is 18.3 Å². The molecule has 0 unspecified atom stereocenters. The smallest absolute Gasteiger partial charge is 0.387 e. The molecule has 0 aliphatic carbocycles. The van der Waals surface area contributed by atoms with E-state index in [0.717, 1.165) is 0 Å². The maximum atomic E-state index is 11.9. The van der Waals surface area contributed by atoms with E-state index >= 15 is 0 Å². The van der Waals surface area contributed by atoms with Gasteiger partial charge in [-0.15, -0.1) is 0 Å². The zero-order valence-corrected chi connectivity index (χ0v) is 10.2. The van der Waals surface area contributed by atoms with Crippen molar-refractivity contribution in [2.24, 2.45) is 0 Å². The van der Waals surface area contributed by atoms with E-state index < -0.39 is 6.61 Å². The van der Waals surface area contributed by atoms with Gasteiger partial charge in [0.05, 0.1) is 6.54 Å². The molecule has 1 rings (SSSR count). The number of nitrogens with one attached hydrogen (secondary N) is 2. The minimum atomic E-state index is -2.85. The van der Waals surface area contributed by atoms with Crippen LogP contribution >= 0.6 is 0 Å². The van der Waals surface area contributed by atoms with Crippen LogP contribution in [0.3, 0.4) is 0 Å². The summed E-state index contributed by atoms with van der Waals surface area (Å²) in [7, 11) is 0. The van der Waals surface area contributed by atoms with Crippen molar-refractivity contribution >= 4 is 11.6 Å². The minimum Gasteiger partial charge on any atom is -0.435 e. The Balaban J connectivity index is 2.45. The lowest BCUT2D eigenvalue weighted by Gasteiger charge is -2.09. The van der Waals surface area contributed by atoms with Gasteiger partial charge in [0, 0.05) is 11.7 Å². The van der Waals surface area contributed by atoms with E-state index in [-0.39, 0.29) is 24.2 Å². The molecule has 0 saturated carbocycles. The van der Waals surface area contributed by atoms with Crippen LogP contribution in [0.2, 0.25) is 0 Å². The zero-order chi connectivity index (χ0) is 13.5. The summed E-state index contributed by atoms with van der Waals surface area (Å²) in [5, 5.41) is 5.60. The summed E-state index contributed by atoms with van der Waals surface area (Å²) in [6, 6.07) is 5.98. The van der Waals surface area contributed by atoms with Gasteiger partial charge in [-0.25, -0.2) is 0 Å². The highest BCUT2D eigenvalue weighted by Gasteiger charge is 2.05.